The van der Waals surface area contributed by atoms with E-state index in [2.05, 4.69) is 0 Å². The highest BCUT2D eigenvalue weighted by atomic mass is 16.5. The summed E-state index contributed by atoms with van der Waals surface area (Å²) in [4.78, 5) is 0. The molecule has 4 heteroatoms. The smallest absolute Gasteiger partial charge is 0.160 e. The van der Waals surface area contributed by atoms with Crippen LogP contribution in [0.3, 0.4) is 0 Å². The van der Waals surface area contributed by atoms with Crippen LogP contribution in [-0.2, 0) is 0 Å². The first-order valence-corrected chi connectivity index (χ1v) is 5.51. The Balaban J connectivity index is 2.64. The summed E-state index contributed by atoms with van der Waals surface area (Å²) in [6.07, 6.45) is 2.90. The van der Waals surface area contributed by atoms with Gasteiger partial charge in [-0.25, -0.2) is 0 Å². The zero-order chi connectivity index (χ0) is 12.0. The van der Waals surface area contributed by atoms with Crippen LogP contribution in [-0.4, -0.2) is 18.8 Å². The first kappa shape index (κ1) is 12.8. The van der Waals surface area contributed by atoms with Crippen LogP contribution < -0.4 is 16.2 Å². The van der Waals surface area contributed by atoms with Gasteiger partial charge in [0.2, 0.25) is 0 Å². The number of aromatic hydroxyl groups is 1. The summed E-state index contributed by atoms with van der Waals surface area (Å²) >= 11 is 0. The minimum atomic E-state index is -0.0268. The van der Waals surface area contributed by atoms with Crippen molar-refractivity contribution in [3.05, 3.63) is 23.8 Å². The molecule has 1 atom stereocenters. The fourth-order valence-electron chi connectivity index (χ4n) is 1.60. The quantitative estimate of drug-likeness (QED) is 0.640. The maximum atomic E-state index is 9.45. The predicted molar refractivity (Wildman–Crippen MR) is 64.5 cm³/mol. The standard InChI is InChI=1S/C12H20N2O2/c1-16-12-8-9(5-6-11(12)15)10(14)4-2-3-7-13/h5-6,8,10,15H,2-4,7,13-14H2,1H3/t10-/m1/s1. The zero-order valence-corrected chi connectivity index (χ0v) is 9.65. The molecule has 0 heterocycles. The minimum absolute atomic E-state index is 0.0268. The molecule has 0 saturated carbocycles. The minimum Gasteiger partial charge on any atom is -0.504 e. The van der Waals surface area contributed by atoms with Crippen molar-refractivity contribution < 1.29 is 9.84 Å². The first-order chi connectivity index (χ1) is 7.69. The van der Waals surface area contributed by atoms with Gasteiger partial charge in [-0.3, -0.25) is 0 Å². The average Bonchev–Trinajstić information content (AvgIpc) is 2.30. The van der Waals surface area contributed by atoms with E-state index < -0.39 is 0 Å². The number of nitrogens with two attached hydrogens (primary N) is 2. The lowest BCUT2D eigenvalue weighted by molar-refractivity contribution is 0.372. The van der Waals surface area contributed by atoms with Gasteiger partial charge in [0.1, 0.15) is 0 Å². The Morgan fingerprint density at radius 2 is 2.12 bits per heavy atom. The third-order valence-corrected chi connectivity index (χ3v) is 2.60. The normalized spacial score (nSPS) is 12.4. The average molecular weight is 224 g/mol. The number of benzene rings is 1. The van der Waals surface area contributed by atoms with E-state index in [1.165, 1.54) is 7.11 Å². The van der Waals surface area contributed by atoms with E-state index in [-0.39, 0.29) is 11.8 Å². The summed E-state index contributed by atoms with van der Waals surface area (Å²) in [5.74, 6) is 0.604. The Labute approximate surface area is 96.2 Å². The second-order valence-corrected chi connectivity index (χ2v) is 3.82. The van der Waals surface area contributed by atoms with Gasteiger partial charge in [-0.05, 0) is 37.1 Å². The van der Waals surface area contributed by atoms with Gasteiger partial charge in [0.05, 0.1) is 7.11 Å². The fourth-order valence-corrected chi connectivity index (χ4v) is 1.60. The van der Waals surface area contributed by atoms with E-state index in [0.29, 0.717) is 12.3 Å². The topological polar surface area (TPSA) is 81.5 Å². The van der Waals surface area contributed by atoms with Crippen LogP contribution in [0.15, 0.2) is 18.2 Å². The van der Waals surface area contributed by atoms with Crippen LogP contribution in [0.2, 0.25) is 0 Å². The van der Waals surface area contributed by atoms with Gasteiger partial charge < -0.3 is 21.3 Å². The number of rotatable bonds is 6. The van der Waals surface area contributed by atoms with Crippen molar-refractivity contribution in [2.24, 2.45) is 11.5 Å². The molecular weight excluding hydrogens is 204 g/mol. The second-order valence-electron chi connectivity index (χ2n) is 3.82. The van der Waals surface area contributed by atoms with Crippen LogP contribution >= 0.6 is 0 Å². The van der Waals surface area contributed by atoms with Crippen molar-refractivity contribution in [2.45, 2.75) is 25.3 Å². The number of unbranched alkanes of at least 4 members (excludes halogenated alkanes) is 1. The molecule has 0 radical (unpaired) electrons. The Morgan fingerprint density at radius 1 is 1.38 bits per heavy atom. The zero-order valence-electron chi connectivity index (χ0n) is 9.65. The van der Waals surface area contributed by atoms with E-state index >= 15 is 0 Å². The van der Waals surface area contributed by atoms with Gasteiger partial charge in [-0.1, -0.05) is 12.5 Å². The molecule has 1 aromatic rings. The van der Waals surface area contributed by atoms with E-state index in [1.807, 2.05) is 6.07 Å². The van der Waals surface area contributed by atoms with Crippen LogP contribution in [0.25, 0.3) is 0 Å². The van der Waals surface area contributed by atoms with Gasteiger partial charge in [0.15, 0.2) is 11.5 Å². The number of ether oxygens (including phenoxy) is 1. The van der Waals surface area contributed by atoms with E-state index in [1.54, 1.807) is 12.1 Å². The first-order valence-electron chi connectivity index (χ1n) is 5.51. The number of methoxy groups -OCH3 is 1. The van der Waals surface area contributed by atoms with Crippen molar-refractivity contribution in [3.8, 4) is 11.5 Å². The molecule has 0 spiro atoms. The van der Waals surface area contributed by atoms with Gasteiger partial charge in [-0.15, -0.1) is 0 Å². The SMILES string of the molecule is COc1cc([C@H](N)CCCCN)ccc1O. The highest BCUT2D eigenvalue weighted by Crippen LogP contribution is 2.29. The molecule has 16 heavy (non-hydrogen) atoms. The third-order valence-electron chi connectivity index (χ3n) is 2.60. The molecule has 0 unspecified atom stereocenters. The molecule has 0 amide bonds. The van der Waals surface area contributed by atoms with Gasteiger partial charge in [0, 0.05) is 6.04 Å². The lowest BCUT2D eigenvalue weighted by atomic mass is 10.0. The summed E-state index contributed by atoms with van der Waals surface area (Å²) < 4.78 is 5.04. The lowest BCUT2D eigenvalue weighted by Gasteiger charge is -2.13. The van der Waals surface area contributed by atoms with Gasteiger partial charge in [0.25, 0.3) is 0 Å². The summed E-state index contributed by atoms with van der Waals surface area (Å²) in [6.45, 7) is 0.700. The number of hydrogen-bond donors (Lipinski definition) is 3. The van der Waals surface area contributed by atoms with Crippen LogP contribution in [0, 0.1) is 0 Å². The van der Waals surface area contributed by atoms with Gasteiger partial charge in [-0.2, -0.15) is 0 Å². The fraction of sp³-hybridized carbons (Fsp3) is 0.500. The molecule has 4 nitrogen and oxygen atoms in total. The number of phenols is 1. The van der Waals surface area contributed by atoms with Crippen LogP contribution in [0.1, 0.15) is 30.9 Å². The molecule has 1 aromatic carbocycles. The van der Waals surface area contributed by atoms with Crippen molar-refractivity contribution in [3.63, 3.8) is 0 Å². The Morgan fingerprint density at radius 3 is 2.75 bits per heavy atom. The molecule has 0 saturated heterocycles. The summed E-state index contributed by atoms with van der Waals surface area (Å²) in [7, 11) is 1.53. The molecule has 5 N–H and O–H groups in total. The van der Waals surface area contributed by atoms with Crippen molar-refractivity contribution in [1.82, 2.24) is 0 Å². The van der Waals surface area contributed by atoms with Gasteiger partial charge >= 0.3 is 0 Å². The Kier molecular flexibility index (Phi) is 5.08. The van der Waals surface area contributed by atoms with Crippen LogP contribution in [0.4, 0.5) is 0 Å². The van der Waals surface area contributed by atoms with E-state index in [9.17, 15) is 5.11 Å². The van der Waals surface area contributed by atoms with Crippen molar-refractivity contribution in [2.75, 3.05) is 13.7 Å². The number of hydrogen-bond acceptors (Lipinski definition) is 4. The van der Waals surface area contributed by atoms with Crippen LogP contribution in [0.5, 0.6) is 11.5 Å². The van der Waals surface area contributed by atoms with E-state index in [4.69, 9.17) is 16.2 Å². The summed E-state index contributed by atoms with van der Waals surface area (Å²) in [6, 6.07) is 5.19. The molecule has 0 aliphatic carbocycles. The molecule has 0 fully saturated rings. The molecule has 0 aliphatic heterocycles. The maximum absolute atomic E-state index is 9.45. The predicted octanol–water partition coefficient (Wildman–Crippen LogP) is 1.53. The largest absolute Gasteiger partial charge is 0.504 e. The summed E-state index contributed by atoms with van der Waals surface area (Å²) in [5, 5.41) is 9.45. The maximum Gasteiger partial charge on any atom is 0.160 e. The molecule has 0 aliphatic rings. The molecule has 90 valence electrons. The highest BCUT2D eigenvalue weighted by Gasteiger charge is 2.09. The molecule has 0 aromatic heterocycles. The Bertz CT molecular complexity index is 329. The molecular formula is C12H20N2O2. The highest BCUT2D eigenvalue weighted by molar-refractivity contribution is 5.42. The monoisotopic (exact) mass is 224 g/mol. The second kappa shape index (κ2) is 6.35. The van der Waals surface area contributed by atoms with Crippen molar-refractivity contribution in [1.29, 1.82) is 0 Å². The Hall–Kier alpha value is -1.26. The van der Waals surface area contributed by atoms with Crippen molar-refractivity contribution >= 4 is 0 Å². The molecule has 0 bridgehead atoms. The summed E-state index contributed by atoms with van der Waals surface area (Å²) in [5.41, 5.74) is 12.4. The number of phenolic OH excluding ortho intramolecular Hbond substituents is 1. The molecule has 1 rings (SSSR count). The lowest BCUT2D eigenvalue weighted by Crippen LogP contribution is -2.11. The van der Waals surface area contributed by atoms with E-state index in [0.717, 1.165) is 24.8 Å². The third kappa shape index (κ3) is 3.40.